The van der Waals surface area contributed by atoms with E-state index < -0.39 is 5.97 Å². The summed E-state index contributed by atoms with van der Waals surface area (Å²) in [6, 6.07) is 9.37. The minimum Gasteiger partial charge on any atom is -0.452 e. The molecule has 2 heterocycles. The van der Waals surface area contributed by atoms with Crippen LogP contribution in [-0.2, 0) is 11.3 Å². The van der Waals surface area contributed by atoms with Gasteiger partial charge in [0.1, 0.15) is 0 Å². The first-order valence-electron chi connectivity index (χ1n) is 6.79. The molecule has 3 rings (SSSR count). The molecule has 0 amide bonds. The lowest BCUT2D eigenvalue weighted by Crippen LogP contribution is -2.05. The molecular formula is C16H12BrN3O3. The Balaban J connectivity index is 1.65. The van der Waals surface area contributed by atoms with Crippen LogP contribution in [0.2, 0.25) is 0 Å². The number of hydrogen-bond acceptors (Lipinski definition) is 6. The SMILES string of the molecule is Cc1ccc(-c2noc(COC(=O)c3cncc(Br)c3)n2)cc1. The predicted molar refractivity (Wildman–Crippen MR) is 85.5 cm³/mol. The molecule has 7 heteroatoms. The summed E-state index contributed by atoms with van der Waals surface area (Å²) in [7, 11) is 0. The molecule has 116 valence electrons. The van der Waals surface area contributed by atoms with Gasteiger partial charge in [0.2, 0.25) is 5.82 Å². The Hall–Kier alpha value is -2.54. The minimum absolute atomic E-state index is 0.0930. The molecule has 0 radical (unpaired) electrons. The quantitative estimate of drug-likeness (QED) is 0.650. The fraction of sp³-hybridized carbons (Fsp3) is 0.125. The van der Waals surface area contributed by atoms with E-state index >= 15 is 0 Å². The van der Waals surface area contributed by atoms with E-state index in [1.807, 2.05) is 31.2 Å². The molecule has 23 heavy (non-hydrogen) atoms. The maximum absolute atomic E-state index is 11.9. The van der Waals surface area contributed by atoms with E-state index in [-0.39, 0.29) is 12.5 Å². The van der Waals surface area contributed by atoms with Crippen molar-refractivity contribution in [2.75, 3.05) is 0 Å². The molecule has 0 N–H and O–H groups in total. The third kappa shape index (κ3) is 3.81. The lowest BCUT2D eigenvalue weighted by atomic mass is 10.1. The number of carbonyl (C=O) groups is 1. The van der Waals surface area contributed by atoms with Crippen molar-refractivity contribution in [3.63, 3.8) is 0 Å². The van der Waals surface area contributed by atoms with Gasteiger partial charge in [-0.15, -0.1) is 0 Å². The molecule has 0 aliphatic heterocycles. The number of benzene rings is 1. The van der Waals surface area contributed by atoms with Crippen LogP contribution in [0.25, 0.3) is 11.4 Å². The fourth-order valence-electron chi connectivity index (χ4n) is 1.87. The largest absolute Gasteiger partial charge is 0.452 e. The van der Waals surface area contributed by atoms with E-state index in [1.165, 1.54) is 6.20 Å². The first-order chi connectivity index (χ1) is 11.1. The molecule has 0 aliphatic rings. The fourth-order valence-corrected chi connectivity index (χ4v) is 2.23. The van der Waals surface area contributed by atoms with Crippen LogP contribution in [0.3, 0.4) is 0 Å². The third-order valence-electron chi connectivity index (χ3n) is 3.05. The van der Waals surface area contributed by atoms with Crippen LogP contribution in [0, 0.1) is 6.92 Å². The second kappa shape index (κ2) is 6.70. The van der Waals surface area contributed by atoms with Crippen molar-refractivity contribution in [1.29, 1.82) is 0 Å². The second-order valence-electron chi connectivity index (χ2n) is 4.85. The molecule has 3 aromatic rings. The summed E-state index contributed by atoms with van der Waals surface area (Å²) >= 11 is 3.25. The standard InChI is InChI=1S/C16H12BrN3O3/c1-10-2-4-11(5-3-10)15-19-14(23-20-15)9-22-16(21)12-6-13(17)8-18-7-12/h2-8H,9H2,1H3. The first kappa shape index (κ1) is 15.4. The van der Waals surface area contributed by atoms with E-state index in [0.717, 1.165) is 11.1 Å². The van der Waals surface area contributed by atoms with Gasteiger partial charge in [-0.1, -0.05) is 35.0 Å². The van der Waals surface area contributed by atoms with E-state index in [0.29, 0.717) is 15.9 Å². The third-order valence-corrected chi connectivity index (χ3v) is 3.48. The van der Waals surface area contributed by atoms with Crippen molar-refractivity contribution >= 4 is 21.9 Å². The molecule has 0 unspecified atom stereocenters. The van der Waals surface area contributed by atoms with Crippen LogP contribution < -0.4 is 0 Å². The van der Waals surface area contributed by atoms with E-state index in [9.17, 15) is 4.79 Å². The van der Waals surface area contributed by atoms with E-state index in [2.05, 4.69) is 31.1 Å². The zero-order chi connectivity index (χ0) is 16.2. The monoisotopic (exact) mass is 373 g/mol. The van der Waals surface area contributed by atoms with Crippen molar-refractivity contribution in [2.24, 2.45) is 0 Å². The van der Waals surface area contributed by atoms with Gasteiger partial charge in [-0.25, -0.2) is 4.79 Å². The minimum atomic E-state index is -0.506. The zero-order valence-corrected chi connectivity index (χ0v) is 13.8. The molecule has 0 atom stereocenters. The molecule has 0 aliphatic carbocycles. The number of esters is 1. The number of ether oxygens (including phenoxy) is 1. The summed E-state index contributed by atoms with van der Waals surface area (Å²) in [6.07, 6.45) is 3.02. The number of carbonyl (C=O) groups excluding carboxylic acids is 1. The van der Waals surface area contributed by atoms with Gasteiger partial charge < -0.3 is 9.26 Å². The predicted octanol–water partition coefficient (Wildman–Crippen LogP) is 3.56. The Morgan fingerprint density at radius 1 is 1.26 bits per heavy atom. The highest BCUT2D eigenvalue weighted by Crippen LogP contribution is 2.17. The summed E-state index contributed by atoms with van der Waals surface area (Å²) in [4.78, 5) is 20.0. The topological polar surface area (TPSA) is 78.1 Å². The van der Waals surface area contributed by atoms with Gasteiger partial charge in [-0.2, -0.15) is 4.98 Å². The zero-order valence-electron chi connectivity index (χ0n) is 12.2. The number of aryl methyl sites for hydroxylation is 1. The number of rotatable bonds is 4. The maximum atomic E-state index is 11.9. The number of nitrogens with zero attached hydrogens (tertiary/aromatic N) is 3. The number of aromatic nitrogens is 3. The molecule has 0 bridgehead atoms. The maximum Gasteiger partial charge on any atom is 0.340 e. The highest BCUT2D eigenvalue weighted by atomic mass is 79.9. The molecule has 2 aromatic heterocycles. The molecule has 6 nitrogen and oxygen atoms in total. The van der Waals surface area contributed by atoms with Crippen molar-refractivity contribution < 1.29 is 14.1 Å². The van der Waals surface area contributed by atoms with Gasteiger partial charge in [0, 0.05) is 22.4 Å². The van der Waals surface area contributed by atoms with Crippen LogP contribution in [0.5, 0.6) is 0 Å². The summed E-state index contributed by atoms with van der Waals surface area (Å²) < 4.78 is 10.9. The Kier molecular flexibility index (Phi) is 4.47. The molecule has 1 aromatic carbocycles. The average molecular weight is 374 g/mol. The molecule has 0 fully saturated rings. The molecule has 0 spiro atoms. The normalized spacial score (nSPS) is 10.5. The van der Waals surface area contributed by atoms with Gasteiger partial charge >= 0.3 is 5.97 Å². The molecule has 0 saturated heterocycles. The van der Waals surface area contributed by atoms with Crippen molar-refractivity contribution in [3.05, 3.63) is 64.2 Å². The first-order valence-corrected chi connectivity index (χ1v) is 7.58. The van der Waals surface area contributed by atoms with Gasteiger partial charge in [0.15, 0.2) is 6.61 Å². The summed E-state index contributed by atoms with van der Waals surface area (Å²) in [5.74, 6) is 0.186. The van der Waals surface area contributed by atoms with Crippen LogP contribution >= 0.6 is 15.9 Å². The highest BCUT2D eigenvalue weighted by molar-refractivity contribution is 9.10. The van der Waals surface area contributed by atoms with Crippen LogP contribution in [-0.4, -0.2) is 21.1 Å². The lowest BCUT2D eigenvalue weighted by Gasteiger charge is -2.01. The van der Waals surface area contributed by atoms with Crippen molar-refractivity contribution in [1.82, 2.24) is 15.1 Å². The van der Waals surface area contributed by atoms with Gasteiger partial charge in [-0.3, -0.25) is 4.98 Å². The highest BCUT2D eigenvalue weighted by Gasteiger charge is 2.13. The number of halogens is 1. The Morgan fingerprint density at radius 2 is 2.04 bits per heavy atom. The Labute approximate surface area is 140 Å². The van der Waals surface area contributed by atoms with Crippen molar-refractivity contribution in [2.45, 2.75) is 13.5 Å². The molecular weight excluding hydrogens is 362 g/mol. The summed E-state index contributed by atoms with van der Waals surface area (Å²) in [5, 5.41) is 3.88. The van der Waals surface area contributed by atoms with Gasteiger partial charge in [0.05, 0.1) is 5.56 Å². The van der Waals surface area contributed by atoms with E-state index in [1.54, 1.807) is 12.3 Å². The Bertz CT molecular complexity index is 831. The second-order valence-corrected chi connectivity index (χ2v) is 5.76. The van der Waals surface area contributed by atoms with Crippen molar-refractivity contribution in [3.8, 4) is 11.4 Å². The van der Waals surface area contributed by atoms with Crippen LogP contribution in [0.4, 0.5) is 0 Å². The smallest absolute Gasteiger partial charge is 0.340 e. The summed E-state index contributed by atoms with van der Waals surface area (Å²) in [5.41, 5.74) is 2.33. The average Bonchev–Trinajstić information content (AvgIpc) is 3.02. The van der Waals surface area contributed by atoms with Gasteiger partial charge in [-0.05, 0) is 28.9 Å². The summed E-state index contributed by atoms with van der Waals surface area (Å²) in [6.45, 7) is 1.91. The number of pyridine rings is 1. The Morgan fingerprint density at radius 3 is 2.78 bits per heavy atom. The lowest BCUT2D eigenvalue weighted by molar-refractivity contribution is 0.0429. The number of hydrogen-bond donors (Lipinski definition) is 0. The van der Waals surface area contributed by atoms with Crippen LogP contribution in [0.1, 0.15) is 21.8 Å². The molecule has 0 saturated carbocycles. The van der Waals surface area contributed by atoms with Crippen LogP contribution in [0.15, 0.2) is 51.7 Å². The van der Waals surface area contributed by atoms with E-state index in [4.69, 9.17) is 9.26 Å². The van der Waals surface area contributed by atoms with Gasteiger partial charge in [0.25, 0.3) is 5.89 Å².